The van der Waals surface area contributed by atoms with Gasteiger partial charge in [-0.05, 0) is 38.5 Å². The summed E-state index contributed by atoms with van der Waals surface area (Å²) in [5, 5.41) is 7.91. The lowest BCUT2D eigenvalue weighted by molar-refractivity contribution is -0.115. The maximum absolute atomic E-state index is 12.5. The fourth-order valence-electron chi connectivity index (χ4n) is 2.51. The number of thiazole rings is 1. The maximum atomic E-state index is 12.5. The number of hydrogen-bond donors (Lipinski definition) is 2. The van der Waals surface area contributed by atoms with Crippen LogP contribution in [0, 0.1) is 13.8 Å². The molecule has 10 heteroatoms. The van der Waals surface area contributed by atoms with Crippen molar-refractivity contribution in [1.82, 2.24) is 4.98 Å². The first kappa shape index (κ1) is 20.7. The SMILES string of the molecule is CCOC(=O)c1c(NC(=O)Cc2csc(NC(=O)c3ccco3)n2)sc(C)c1C. The van der Waals surface area contributed by atoms with Crippen molar-refractivity contribution in [3.05, 3.63) is 51.2 Å². The summed E-state index contributed by atoms with van der Waals surface area (Å²) in [6.45, 7) is 5.69. The number of rotatable bonds is 7. The molecule has 0 atom stereocenters. The first-order valence-corrected chi connectivity index (χ1v) is 10.4. The van der Waals surface area contributed by atoms with E-state index in [1.165, 1.54) is 28.9 Å². The van der Waals surface area contributed by atoms with Crippen LogP contribution in [0.4, 0.5) is 10.1 Å². The number of esters is 1. The predicted octanol–water partition coefficient (Wildman–Crippen LogP) is 4.02. The van der Waals surface area contributed by atoms with Gasteiger partial charge in [-0.25, -0.2) is 9.78 Å². The van der Waals surface area contributed by atoms with Gasteiger partial charge in [0.05, 0.1) is 30.5 Å². The fraction of sp³-hybridized carbons (Fsp3) is 0.263. The van der Waals surface area contributed by atoms with Gasteiger partial charge in [-0.2, -0.15) is 0 Å². The predicted molar refractivity (Wildman–Crippen MR) is 111 cm³/mol. The van der Waals surface area contributed by atoms with Crippen molar-refractivity contribution >= 4 is 50.6 Å². The van der Waals surface area contributed by atoms with E-state index in [-0.39, 0.29) is 24.7 Å². The van der Waals surface area contributed by atoms with Crippen molar-refractivity contribution < 1.29 is 23.5 Å². The van der Waals surface area contributed by atoms with Crippen LogP contribution in [-0.2, 0) is 16.0 Å². The summed E-state index contributed by atoms with van der Waals surface area (Å²) in [5.74, 6) is -1.01. The Morgan fingerprint density at radius 2 is 2.03 bits per heavy atom. The van der Waals surface area contributed by atoms with Crippen LogP contribution in [0.25, 0.3) is 0 Å². The lowest BCUT2D eigenvalue weighted by Gasteiger charge is -2.06. The molecular weight excluding hydrogens is 414 g/mol. The Morgan fingerprint density at radius 1 is 1.24 bits per heavy atom. The molecule has 8 nitrogen and oxygen atoms in total. The van der Waals surface area contributed by atoms with Crippen LogP contribution in [0.3, 0.4) is 0 Å². The van der Waals surface area contributed by atoms with Crippen molar-refractivity contribution in [3.8, 4) is 0 Å². The van der Waals surface area contributed by atoms with Gasteiger partial charge < -0.3 is 14.5 Å². The van der Waals surface area contributed by atoms with Crippen molar-refractivity contribution in [1.29, 1.82) is 0 Å². The van der Waals surface area contributed by atoms with Crippen LogP contribution < -0.4 is 10.6 Å². The van der Waals surface area contributed by atoms with Gasteiger partial charge in [0.1, 0.15) is 5.00 Å². The largest absolute Gasteiger partial charge is 0.462 e. The van der Waals surface area contributed by atoms with Crippen molar-refractivity contribution in [3.63, 3.8) is 0 Å². The van der Waals surface area contributed by atoms with Crippen LogP contribution >= 0.6 is 22.7 Å². The highest BCUT2D eigenvalue weighted by atomic mass is 32.1. The average molecular weight is 434 g/mol. The van der Waals surface area contributed by atoms with E-state index in [0.717, 1.165) is 10.4 Å². The number of aromatic nitrogens is 1. The number of furan rings is 1. The number of carbonyl (C=O) groups excluding carboxylic acids is 3. The molecule has 0 radical (unpaired) electrons. The van der Waals surface area contributed by atoms with E-state index >= 15 is 0 Å². The molecule has 0 saturated carbocycles. The highest BCUT2D eigenvalue weighted by molar-refractivity contribution is 7.16. The lowest BCUT2D eigenvalue weighted by atomic mass is 10.1. The number of nitrogens with zero attached hydrogens (tertiary/aromatic N) is 1. The summed E-state index contributed by atoms with van der Waals surface area (Å²) in [5.41, 5.74) is 1.68. The monoisotopic (exact) mass is 433 g/mol. The number of aryl methyl sites for hydroxylation is 1. The molecule has 0 aromatic carbocycles. The van der Waals surface area contributed by atoms with Gasteiger partial charge in [0.25, 0.3) is 5.91 Å². The highest BCUT2D eigenvalue weighted by Crippen LogP contribution is 2.33. The Bertz CT molecular complexity index is 1040. The molecule has 29 heavy (non-hydrogen) atoms. The number of ether oxygens (including phenoxy) is 1. The zero-order chi connectivity index (χ0) is 21.0. The molecule has 3 rings (SSSR count). The highest BCUT2D eigenvalue weighted by Gasteiger charge is 2.22. The Kier molecular flexibility index (Phi) is 6.45. The minimum absolute atomic E-state index is 0.00534. The third-order valence-electron chi connectivity index (χ3n) is 3.98. The van der Waals surface area contributed by atoms with E-state index in [9.17, 15) is 14.4 Å². The summed E-state index contributed by atoms with van der Waals surface area (Å²) < 4.78 is 10.1. The topological polar surface area (TPSA) is 111 Å². The molecule has 3 heterocycles. The molecule has 2 amide bonds. The Labute approximate surface area is 174 Å². The Morgan fingerprint density at radius 3 is 2.72 bits per heavy atom. The van der Waals surface area contributed by atoms with Gasteiger partial charge in [-0.1, -0.05) is 0 Å². The van der Waals surface area contributed by atoms with Gasteiger partial charge in [0.15, 0.2) is 10.9 Å². The summed E-state index contributed by atoms with van der Waals surface area (Å²) in [6, 6.07) is 3.16. The van der Waals surface area contributed by atoms with E-state index in [2.05, 4.69) is 15.6 Å². The smallest absolute Gasteiger partial charge is 0.341 e. The first-order valence-electron chi connectivity index (χ1n) is 8.75. The van der Waals surface area contributed by atoms with Crippen LogP contribution in [0.2, 0.25) is 0 Å². The minimum Gasteiger partial charge on any atom is -0.462 e. The Balaban J connectivity index is 1.65. The molecule has 0 unspecified atom stereocenters. The van der Waals surface area contributed by atoms with Crippen LogP contribution in [-0.4, -0.2) is 29.4 Å². The fourth-order valence-corrected chi connectivity index (χ4v) is 4.28. The number of hydrogen-bond acceptors (Lipinski definition) is 8. The molecule has 0 aliphatic heterocycles. The summed E-state index contributed by atoms with van der Waals surface area (Å²) in [4.78, 5) is 41.8. The van der Waals surface area contributed by atoms with Crippen molar-refractivity contribution in [2.75, 3.05) is 17.2 Å². The normalized spacial score (nSPS) is 10.6. The second kappa shape index (κ2) is 9.01. The lowest BCUT2D eigenvalue weighted by Crippen LogP contribution is -2.17. The van der Waals surface area contributed by atoms with Crippen molar-refractivity contribution in [2.45, 2.75) is 27.2 Å². The molecule has 0 aliphatic carbocycles. The molecule has 0 fully saturated rings. The minimum atomic E-state index is -0.457. The maximum Gasteiger partial charge on any atom is 0.341 e. The molecule has 2 N–H and O–H groups in total. The van der Waals surface area contributed by atoms with Gasteiger partial charge in [0, 0.05) is 10.3 Å². The van der Waals surface area contributed by atoms with E-state index in [1.54, 1.807) is 24.4 Å². The summed E-state index contributed by atoms with van der Waals surface area (Å²) in [7, 11) is 0. The molecule has 3 aromatic rings. The molecule has 3 aromatic heterocycles. The van der Waals surface area contributed by atoms with Crippen LogP contribution in [0.15, 0.2) is 28.2 Å². The number of nitrogens with one attached hydrogen (secondary N) is 2. The second-order valence-electron chi connectivity index (χ2n) is 6.01. The quantitative estimate of drug-likeness (QED) is 0.545. The number of thiophene rings is 1. The third-order valence-corrected chi connectivity index (χ3v) is 5.91. The molecule has 152 valence electrons. The number of anilines is 2. The molecule has 0 aliphatic rings. The molecular formula is C19H19N3O5S2. The van der Waals surface area contributed by atoms with Crippen molar-refractivity contribution in [2.24, 2.45) is 0 Å². The first-order chi connectivity index (χ1) is 13.9. The van der Waals surface area contributed by atoms with Gasteiger partial charge in [-0.15, -0.1) is 22.7 Å². The zero-order valence-electron chi connectivity index (χ0n) is 16.0. The summed E-state index contributed by atoms with van der Waals surface area (Å²) in [6.07, 6.45) is 1.41. The van der Waals surface area contributed by atoms with E-state index < -0.39 is 11.9 Å². The zero-order valence-corrected chi connectivity index (χ0v) is 17.7. The second-order valence-corrected chi connectivity index (χ2v) is 8.09. The molecule has 0 bridgehead atoms. The van der Waals surface area contributed by atoms with Gasteiger partial charge >= 0.3 is 5.97 Å². The van der Waals surface area contributed by atoms with Gasteiger partial charge in [0.2, 0.25) is 5.91 Å². The van der Waals surface area contributed by atoms with E-state index in [1.807, 2.05) is 13.8 Å². The Hall–Kier alpha value is -2.98. The third kappa shape index (κ3) is 4.90. The average Bonchev–Trinajstić information content (AvgIpc) is 3.38. The summed E-state index contributed by atoms with van der Waals surface area (Å²) >= 11 is 2.54. The van der Waals surface area contributed by atoms with E-state index in [0.29, 0.717) is 21.4 Å². The van der Waals surface area contributed by atoms with Gasteiger partial charge in [-0.3, -0.25) is 14.9 Å². The number of amides is 2. The van der Waals surface area contributed by atoms with E-state index in [4.69, 9.17) is 9.15 Å². The molecule has 0 saturated heterocycles. The van der Waals surface area contributed by atoms with Crippen LogP contribution in [0.1, 0.15) is 44.0 Å². The van der Waals surface area contributed by atoms with Crippen LogP contribution in [0.5, 0.6) is 0 Å². The number of carbonyl (C=O) groups is 3. The molecule has 0 spiro atoms. The standard InChI is InChI=1S/C19H19N3O5S2/c1-4-26-18(25)15-10(2)11(3)29-17(15)21-14(23)8-12-9-28-19(20-12)22-16(24)13-6-5-7-27-13/h5-7,9H,4,8H2,1-3H3,(H,21,23)(H,20,22,24).